The number of aromatic amines is 1. The molecule has 122 valence electrons. The molecular weight excluding hydrogens is 326 g/mol. The first-order chi connectivity index (χ1) is 11.8. The lowest BCUT2D eigenvalue weighted by Gasteiger charge is -2.06. The number of aromatic nitrogens is 6. The van der Waals surface area contributed by atoms with E-state index < -0.39 is 0 Å². The number of carbonyl (C=O) groups is 1. The van der Waals surface area contributed by atoms with Crippen molar-refractivity contribution in [1.82, 2.24) is 30.2 Å². The number of carbonyl (C=O) groups excluding carboxylic acids is 1. The molecule has 1 aliphatic rings. The molecule has 1 fully saturated rings. The van der Waals surface area contributed by atoms with Crippen molar-refractivity contribution in [1.29, 1.82) is 0 Å². The van der Waals surface area contributed by atoms with Crippen molar-refractivity contribution in [3.05, 3.63) is 36.7 Å². The van der Waals surface area contributed by atoms with Crippen LogP contribution in [0.5, 0.6) is 0 Å². The summed E-state index contributed by atoms with van der Waals surface area (Å²) >= 11 is 1.35. The highest BCUT2D eigenvalue weighted by molar-refractivity contribution is 7.99. The van der Waals surface area contributed by atoms with Gasteiger partial charge in [-0.25, -0.2) is 9.67 Å². The van der Waals surface area contributed by atoms with Crippen molar-refractivity contribution in [3.63, 3.8) is 0 Å². The van der Waals surface area contributed by atoms with Gasteiger partial charge in [0.1, 0.15) is 5.82 Å². The second-order valence-corrected chi connectivity index (χ2v) is 6.43. The van der Waals surface area contributed by atoms with E-state index in [1.54, 1.807) is 17.1 Å². The monoisotopic (exact) mass is 341 g/mol. The Bertz CT molecular complexity index is 824. The van der Waals surface area contributed by atoms with Crippen LogP contribution in [0.1, 0.15) is 18.9 Å². The molecule has 8 nitrogen and oxygen atoms in total. The van der Waals surface area contributed by atoms with Gasteiger partial charge in [-0.1, -0.05) is 11.8 Å². The average Bonchev–Trinajstić information content (AvgIpc) is 3.11. The fourth-order valence-corrected chi connectivity index (χ4v) is 3.03. The number of nitrogens with one attached hydrogen (secondary N) is 2. The van der Waals surface area contributed by atoms with Crippen LogP contribution in [0.3, 0.4) is 0 Å². The van der Waals surface area contributed by atoms with Crippen LogP contribution in [-0.2, 0) is 4.79 Å². The normalized spacial score (nSPS) is 13.8. The molecule has 24 heavy (non-hydrogen) atoms. The van der Waals surface area contributed by atoms with Crippen LogP contribution in [0.25, 0.3) is 11.4 Å². The molecule has 0 bridgehead atoms. The molecule has 2 N–H and O–H groups in total. The number of hydrogen-bond donors (Lipinski definition) is 2. The minimum atomic E-state index is -0.0869. The van der Waals surface area contributed by atoms with Crippen LogP contribution in [0.4, 0.5) is 5.69 Å². The molecule has 0 aliphatic heterocycles. The quantitative estimate of drug-likeness (QED) is 0.666. The predicted octanol–water partition coefficient (Wildman–Crippen LogP) is 2.13. The van der Waals surface area contributed by atoms with Crippen molar-refractivity contribution >= 4 is 23.4 Å². The van der Waals surface area contributed by atoms with E-state index in [1.165, 1.54) is 11.8 Å². The Balaban J connectivity index is 1.33. The van der Waals surface area contributed by atoms with Crippen LogP contribution in [-0.4, -0.2) is 41.8 Å². The molecule has 0 saturated heterocycles. The van der Waals surface area contributed by atoms with Gasteiger partial charge in [-0.15, -0.1) is 5.10 Å². The summed E-state index contributed by atoms with van der Waals surface area (Å²) in [5.74, 6) is 0.985. The van der Waals surface area contributed by atoms with Gasteiger partial charge in [-0.2, -0.15) is 0 Å². The number of amides is 1. The van der Waals surface area contributed by atoms with E-state index in [0.29, 0.717) is 11.2 Å². The van der Waals surface area contributed by atoms with Gasteiger partial charge in [0.2, 0.25) is 11.1 Å². The summed E-state index contributed by atoms with van der Waals surface area (Å²) in [5, 5.41) is 15.2. The van der Waals surface area contributed by atoms with Crippen LogP contribution in [0.15, 0.2) is 41.8 Å². The minimum absolute atomic E-state index is 0.0869. The maximum Gasteiger partial charge on any atom is 0.234 e. The third-order valence-electron chi connectivity index (χ3n) is 3.63. The summed E-state index contributed by atoms with van der Waals surface area (Å²) in [4.78, 5) is 19.3. The highest BCUT2D eigenvalue weighted by Crippen LogP contribution is 2.36. The molecule has 2 aromatic heterocycles. The van der Waals surface area contributed by atoms with E-state index in [0.717, 1.165) is 29.9 Å². The van der Waals surface area contributed by atoms with Gasteiger partial charge in [0, 0.05) is 23.6 Å². The molecule has 0 radical (unpaired) electrons. The number of hydrogen-bond acceptors (Lipinski definition) is 6. The zero-order valence-corrected chi connectivity index (χ0v) is 13.5. The van der Waals surface area contributed by atoms with Gasteiger partial charge in [0.15, 0.2) is 0 Å². The number of nitrogens with zero attached hydrogens (tertiary/aromatic N) is 5. The molecule has 4 rings (SSSR count). The molecule has 0 spiro atoms. The highest BCUT2D eigenvalue weighted by Gasteiger charge is 2.28. The largest absolute Gasteiger partial charge is 0.345 e. The summed E-state index contributed by atoms with van der Waals surface area (Å²) in [6.45, 7) is 0. The fraction of sp³-hybridized carbons (Fsp3) is 0.267. The maximum atomic E-state index is 12.1. The number of H-pyrrole nitrogens is 1. The molecular formula is C15H15N7OS. The Labute approximate surface area is 142 Å². The first-order valence-electron chi connectivity index (χ1n) is 7.60. The molecule has 2 heterocycles. The minimum Gasteiger partial charge on any atom is -0.345 e. The zero-order valence-electron chi connectivity index (χ0n) is 12.7. The molecule has 1 aliphatic carbocycles. The number of anilines is 1. The Hall–Kier alpha value is -2.68. The lowest BCUT2D eigenvalue weighted by atomic mass is 10.2. The van der Waals surface area contributed by atoms with Crippen molar-refractivity contribution in [3.8, 4) is 11.4 Å². The predicted molar refractivity (Wildman–Crippen MR) is 89.5 cm³/mol. The molecule has 1 aromatic carbocycles. The number of rotatable bonds is 6. The second-order valence-electron chi connectivity index (χ2n) is 5.49. The summed E-state index contributed by atoms with van der Waals surface area (Å²) in [5.41, 5.74) is 1.72. The molecule has 1 amide bonds. The molecule has 0 unspecified atom stereocenters. The van der Waals surface area contributed by atoms with E-state index in [-0.39, 0.29) is 11.7 Å². The highest BCUT2D eigenvalue weighted by atomic mass is 32.2. The van der Waals surface area contributed by atoms with Gasteiger partial charge in [-0.3, -0.25) is 4.79 Å². The summed E-state index contributed by atoms with van der Waals surface area (Å²) in [6.07, 6.45) is 5.69. The summed E-state index contributed by atoms with van der Waals surface area (Å²) < 4.78 is 1.80. The summed E-state index contributed by atoms with van der Waals surface area (Å²) in [6, 6.07) is 7.94. The van der Waals surface area contributed by atoms with E-state index in [4.69, 9.17) is 0 Å². The van der Waals surface area contributed by atoms with Gasteiger partial charge >= 0.3 is 0 Å². The number of tetrazole rings is 1. The van der Waals surface area contributed by atoms with Crippen molar-refractivity contribution in [2.24, 2.45) is 0 Å². The summed E-state index contributed by atoms with van der Waals surface area (Å²) in [7, 11) is 0. The van der Waals surface area contributed by atoms with Gasteiger partial charge in [0.25, 0.3) is 0 Å². The zero-order chi connectivity index (χ0) is 16.4. The maximum absolute atomic E-state index is 12.1. The van der Waals surface area contributed by atoms with Crippen molar-refractivity contribution in [2.45, 2.75) is 24.0 Å². The van der Waals surface area contributed by atoms with Gasteiger partial charge < -0.3 is 10.3 Å². The first-order valence-corrected chi connectivity index (χ1v) is 8.58. The molecule has 0 atom stereocenters. The second kappa shape index (κ2) is 6.44. The van der Waals surface area contributed by atoms with Gasteiger partial charge in [-0.05, 0) is 47.5 Å². The van der Waals surface area contributed by atoms with Crippen LogP contribution < -0.4 is 5.32 Å². The Morgan fingerprint density at radius 2 is 2.17 bits per heavy atom. The number of thioether (sulfide) groups is 1. The fourth-order valence-electron chi connectivity index (χ4n) is 2.29. The SMILES string of the molecule is O=C(CSc1nnnn1C1CC1)Nc1ccc(-c2ncc[nH]2)cc1. The molecule has 3 aromatic rings. The molecule has 9 heteroatoms. The van der Waals surface area contributed by atoms with E-state index >= 15 is 0 Å². The van der Waals surface area contributed by atoms with Crippen molar-refractivity contribution in [2.75, 3.05) is 11.1 Å². The third-order valence-corrected chi connectivity index (χ3v) is 4.56. The Morgan fingerprint density at radius 3 is 2.88 bits per heavy atom. The Kier molecular flexibility index (Phi) is 3.99. The van der Waals surface area contributed by atoms with Crippen LogP contribution >= 0.6 is 11.8 Å². The number of imidazole rings is 1. The topological polar surface area (TPSA) is 101 Å². The lowest BCUT2D eigenvalue weighted by molar-refractivity contribution is -0.113. The van der Waals surface area contributed by atoms with Gasteiger partial charge in [0.05, 0.1) is 11.8 Å². The van der Waals surface area contributed by atoms with Crippen molar-refractivity contribution < 1.29 is 4.79 Å². The smallest absolute Gasteiger partial charge is 0.234 e. The van der Waals surface area contributed by atoms with E-state index in [9.17, 15) is 4.79 Å². The molecule has 1 saturated carbocycles. The lowest BCUT2D eigenvalue weighted by Crippen LogP contribution is -2.14. The van der Waals surface area contributed by atoms with Crippen LogP contribution in [0.2, 0.25) is 0 Å². The average molecular weight is 341 g/mol. The van der Waals surface area contributed by atoms with E-state index in [1.807, 2.05) is 24.3 Å². The van der Waals surface area contributed by atoms with Crippen LogP contribution in [0, 0.1) is 0 Å². The standard InChI is InChI=1S/C15H15N7OS/c23-13(9-24-15-19-20-21-22(15)12-5-6-12)18-11-3-1-10(2-4-11)14-16-7-8-17-14/h1-4,7-8,12H,5-6,9H2,(H,16,17)(H,18,23). The van der Waals surface area contributed by atoms with E-state index in [2.05, 4.69) is 30.8 Å². The number of benzene rings is 1. The first kappa shape index (κ1) is 14.9. The Morgan fingerprint density at radius 1 is 1.33 bits per heavy atom. The third kappa shape index (κ3) is 3.30.